The Morgan fingerprint density at radius 1 is 1.33 bits per heavy atom. The molecule has 3 rings (SSSR count). The number of piperidine rings is 1. The van der Waals surface area contributed by atoms with Crippen LogP contribution in [0.1, 0.15) is 31.5 Å². The average molecular weight is 246 g/mol. The minimum absolute atomic E-state index is 0.501. The van der Waals surface area contributed by atoms with Crippen molar-refractivity contribution in [3.8, 4) is 5.88 Å². The number of methoxy groups -OCH3 is 1. The molecule has 0 aliphatic carbocycles. The molecule has 1 saturated heterocycles. The molecule has 18 heavy (non-hydrogen) atoms. The largest absolute Gasteiger partial charge is 0.481 e. The molecule has 0 aromatic carbocycles. The number of imidazole rings is 1. The monoisotopic (exact) mass is 246 g/mol. The van der Waals surface area contributed by atoms with Crippen LogP contribution in [0.15, 0.2) is 12.1 Å². The molecule has 2 N–H and O–H groups in total. The summed E-state index contributed by atoms with van der Waals surface area (Å²) >= 11 is 0. The molecule has 1 aliphatic heterocycles. The molecule has 1 aliphatic rings. The van der Waals surface area contributed by atoms with Crippen LogP contribution >= 0.6 is 0 Å². The van der Waals surface area contributed by atoms with Gasteiger partial charge in [0.2, 0.25) is 5.88 Å². The van der Waals surface area contributed by atoms with E-state index in [1.807, 2.05) is 12.1 Å². The van der Waals surface area contributed by atoms with Crippen LogP contribution in [0.2, 0.25) is 0 Å². The Bertz CT molecular complexity index is 551. The Labute approximate surface area is 106 Å². The first-order valence-corrected chi connectivity index (χ1v) is 6.40. The first-order chi connectivity index (χ1) is 8.76. The van der Waals surface area contributed by atoms with Gasteiger partial charge < -0.3 is 15.0 Å². The van der Waals surface area contributed by atoms with E-state index >= 15 is 0 Å². The van der Waals surface area contributed by atoms with Crippen LogP contribution in [-0.2, 0) is 0 Å². The van der Waals surface area contributed by atoms with Gasteiger partial charge in [-0.05, 0) is 32.4 Å². The molecule has 5 nitrogen and oxygen atoms in total. The van der Waals surface area contributed by atoms with Crippen LogP contribution in [0.25, 0.3) is 11.2 Å². The van der Waals surface area contributed by atoms with Crippen molar-refractivity contribution in [1.82, 2.24) is 20.3 Å². The molecule has 2 atom stereocenters. The van der Waals surface area contributed by atoms with Crippen LogP contribution in [0.5, 0.6) is 5.88 Å². The maximum absolute atomic E-state index is 5.12. The molecule has 2 aromatic rings. The van der Waals surface area contributed by atoms with Gasteiger partial charge in [-0.3, -0.25) is 0 Å². The molecule has 0 bridgehead atoms. The third-order valence-corrected chi connectivity index (χ3v) is 3.56. The average Bonchev–Trinajstić information content (AvgIpc) is 2.81. The molecule has 96 valence electrons. The zero-order valence-electron chi connectivity index (χ0n) is 10.7. The maximum atomic E-state index is 5.12. The quantitative estimate of drug-likeness (QED) is 0.848. The summed E-state index contributed by atoms with van der Waals surface area (Å²) in [7, 11) is 1.62. The summed E-state index contributed by atoms with van der Waals surface area (Å²) in [5, 5.41) is 3.46. The minimum atomic E-state index is 0.501. The summed E-state index contributed by atoms with van der Waals surface area (Å²) < 4.78 is 5.12. The number of nitrogens with one attached hydrogen (secondary N) is 2. The molecule has 2 aromatic heterocycles. The van der Waals surface area contributed by atoms with Gasteiger partial charge in [-0.1, -0.05) is 0 Å². The SMILES string of the molecule is COc1ccc2[nH]c(C3CCNC(C)C3)nc2n1. The van der Waals surface area contributed by atoms with Gasteiger partial charge in [0.25, 0.3) is 0 Å². The number of pyridine rings is 1. The van der Waals surface area contributed by atoms with E-state index in [1.54, 1.807) is 7.11 Å². The van der Waals surface area contributed by atoms with Gasteiger partial charge in [0, 0.05) is 18.0 Å². The zero-order valence-corrected chi connectivity index (χ0v) is 10.7. The topological polar surface area (TPSA) is 62.8 Å². The van der Waals surface area contributed by atoms with E-state index in [2.05, 4.69) is 27.2 Å². The second-order valence-electron chi connectivity index (χ2n) is 4.92. The van der Waals surface area contributed by atoms with Crippen molar-refractivity contribution in [3.63, 3.8) is 0 Å². The lowest BCUT2D eigenvalue weighted by Crippen LogP contribution is -2.35. The second-order valence-corrected chi connectivity index (χ2v) is 4.92. The van der Waals surface area contributed by atoms with Crippen LogP contribution in [0.4, 0.5) is 0 Å². The lowest BCUT2D eigenvalue weighted by Gasteiger charge is -2.26. The Morgan fingerprint density at radius 3 is 3.00 bits per heavy atom. The first-order valence-electron chi connectivity index (χ1n) is 6.40. The predicted molar refractivity (Wildman–Crippen MR) is 69.9 cm³/mol. The van der Waals surface area contributed by atoms with Crippen molar-refractivity contribution in [1.29, 1.82) is 0 Å². The molecule has 0 amide bonds. The van der Waals surface area contributed by atoms with E-state index in [0.29, 0.717) is 17.8 Å². The molecule has 3 heterocycles. The molecule has 0 saturated carbocycles. The predicted octanol–water partition coefficient (Wildman–Crippen LogP) is 1.82. The standard InChI is InChI=1S/C13H18N4O/c1-8-7-9(5-6-14-8)12-15-10-3-4-11(18-2)16-13(10)17-12/h3-4,8-9,14H,5-7H2,1-2H3,(H,15,16,17). The van der Waals surface area contributed by atoms with Crippen molar-refractivity contribution < 1.29 is 4.74 Å². The highest BCUT2D eigenvalue weighted by atomic mass is 16.5. The highest BCUT2D eigenvalue weighted by Crippen LogP contribution is 2.27. The highest BCUT2D eigenvalue weighted by molar-refractivity contribution is 5.71. The Morgan fingerprint density at radius 2 is 2.22 bits per heavy atom. The van der Waals surface area contributed by atoms with Gasteiger partial charge in [0.05, 0.1) is 12.6 Å². The highest BCUT2D eigenvalue weighted by Gasteiger charge is 2.22. The number of aromatic amines is 1. The normalized spacial score (nSPS) is 24.3. The molecule has 0 spiro atoms. The van der Waals surface area contributed by atoms with Crippen molar-refractivity contribution in [2.24, 2.45) is 0 Å². The van der Waals surface area contributed by atoms with Gasteiger partial charge in [-0.15, -0.1) is 0 Å². The third kappa shape index (κ3) is 2.06. The molecule has 2 unspecified atom stereocenters. The zero-order chi connectivity index (χ0) is 12.5. The summed E-state index contributed by atoms with van der Waals surface area (Å²) in [6, 6.07) is 4.39. The number of nitrogens with zero attached hydrogens (tertiary/aromatic N) is 2. The smallest absolute Gasteiger partial charge is 0.215 e. The van der Waals surface area contributed by atoms with E-state index in [1.165, 1.54) is 0 Å². The van der Waals surface area contributed by atoms with E-state index in [0.717, 1.165) is 36.4 Å². The van der Waals surface area contributed by atoms with Crippen molar-refractivity contribution in [2.75, 3.05) is 13.7 Å². The molecule has 5 heteroatoms. The molecular weight excluding hydrogens is 228 g/mol. The van der Waals surface area contributed by atoms with Gasteiger partial charge >= 0.3 is 0 Å². The second kappa shape index (κ2) is 4.57. The Balaban J connectivity index is 1.92. The summed E-state index contributed by atoms with van der Waals surface area (Å²) in [5.74, 6) is 2.17. The van der Waals surface area contributed by atoms with Crippen molar-refractivity contribution >= 4 is 11.2 Å². The van der Waals surface area contributed by atoms with Crippen molar-refractivity contribution in [3.05, 3.63) is 18.0 Å². The van der Waals surface area contributed by atoms with E-state index in [4.69, 9.17) is 4.74 Å². The number of hydrogen-bond acceptors (Lipinski definition) is 4. The van der Waals surface area contributed by atoms with Gasteiger partial charge in [0.1, 0.15) is 5.82 Å². The Kier molecular flexibility index (Phi) is 2.91. The summed E-state index contributed by atoms with van der Waals surface area (Å²) in [6.45, 7) is 3.27. The molecular formula is C13H18N4O. The van der Waals surface area contributed by atoms with Crippen LogP contribution < -0.4 is 10.1 Å². The summed E-state index contributed by atoms with van der Waals surface area (Å²) in [4.78, 5) is 12.3. The summed E-state index contributed by atoms with van der Waals surface area (Å²) in [5.41, 5.74) is 1.73. The molecule has 0 radical (unpaired) electrons. The van der Waals surface area contributed by atoms with Gasteiger partial charge in [-0.2, -0.15) is 4.98 Å². The third-order valence-electron chi connectivity index (χ3n) is 3.56. The van der Waals surface area contributed by atoms with E-state index in [-0.39, 0.29) is 0 Å². The van der Waals surface area contributed by atoms with Crippen LogP contribution in [0, 0.1) is 0 Å². The number of aromatic nitrogens is 3. The van der Waals surface area contributed by atoms with Crippen molar-refractivity contribution in [2.45, 2.75) is 31.7 Å². The number of H-pyrrole nitrogens is 1. The van der Waals surface area contributed by atoms with Gasteiger partial charge in [-0.25, -0.2) is 4.98 Å². The summed E-state index contributed by atoms with van der Waals surface area (Å²) in [6.07, 6.45) is 2.25. The number of hydrogen-bond donors (Lipinski definition) is 2. The maximum Gasteiger partial charge on any atom is 0.215 e. The number of rotatable bonds is 2. The van der Waals surface area contributed by atoms with Crippen LogP contribution in [0.3, 0.4) is 0 Å². The lowest BCUT2D eigenvalue weighted by atomic mass is 9.93. The van der Waals surface area contributed by atoms with E-state index in [9.17, 15) is 0 Å². The lowest BCUT2D eigenvalue weighted by molar-refractivity contribution is 0.373. The fraction of sp³-hybridized carbons (Fsp3) is 0.538. The number of ether oxygens (including phenoxy) is 1. The molecule has 1 fully saturated rings. The van der Waals surface area contributed by atoms with Gasteiger partial charge in [0.15, 0.2) is 5.65 Å². The fourth-order valence-corrected chi connectivity index (χ4v) is 2.58. The number of fused-ring (bicyclic) bond motifs is 1. The van der Waals surface area contributed by atoms with Crippen LogP contribution in [-0.4, -0.2) is 34.6 Å². The minimum Gasteiger partial charge on any atom is -0.481 e. The first kappa shape index (κ1) is 11.5. The Hall–Kier alpha value is -1.62. The van der Waals surface area contributed by atoms with E-state index < -0.39 is 0 Å². The fourth-order valence-electron chi connectivity index (χ4n) is 2.58.